The van der Waals surface area contributed by atoms with Gasteiger partial charge in [-0.2, -0.15) is 0 Å². The van der Waals surface area contributed by atoms with Crippen LogP contribution >= 0.6 is 0 Å². The van der Waals surface area contributed by atoms with Crippen molar-refractivity contribution < 1.29 is 9.90 Å². The summed E-state index contributed by atoms with van der Waals surface area (Å²) >= 11 is 0. The number of aromatic nitrogens is 1. The molecule has 1 aromatic carbocycles. The van der Waals surface area contributed by atoms with Gasteiger partial charge in [-0.1, -0.05) is 36.4 Å². The van der Waals surface area contributed by atoms with Crippen LogP contribution in [0.15, 0.2) is 54.7 Å². The van der Waals surface area contributed by atoms with Crippen molar-refractivity contribution in [2.24, 2.45) is 0 Å². The molecule has 2 aliphatic heterocycles. The smallest absolute Gasteiger partial charge is 0.318 e. The van der Waals surface area contributed by atoms with E-state index in [1.165, 1.54) is 0 Å². The lowest BCUT2D eigenvalue weighted by atomic mass is 9.99. The van der Waals surface area contributed by atoms with Gasteiger partial charge in [0, 0.05) is 30.4 Å². The van der Waals surface area contributed by atoms with E-state index in [2.05, 4.69) is 10.3 Å². The Morgan fingerprint density at radius 3 is 2.46 bits per heavy atom. The Kier molecular flexibility index (Phi) is 4.89. The summed E-state index contributed by atoms with van der Waals surface area (Å²) in [5, 5.41) is 13.2. The molecule has 26 heavy (non-hydrogen) atoms. The number of carbonyl (C=O) groups is 1. The van der Waals surface area contributed by atoms with E-state index in [4.69, 9.17) is 0 Å². The van der Waals surface area contributed by atoms with Crippen LogP contribution in [0, 0.1) is 0 Å². The molecule has 3 atom stereocenters. The highest BCUT2D eigenvalue weighted by Gasteiger charge is 2.43. The van der Waals surface area contributed by atoms with Gasteiger partial charge in [-0.15, -0.1) is 0 Å². The number of fused-ring (bicyclic) bond motifs is 2. The lowest BCUT2D eigenvalue weighted by Gasteiger charge is -2.38. The van der Waals surface area contributed by atoms with Crippen molar-refractivity contribution in [2.75, 3.05) is 0 Å². The molecule has 2 aromatic rings. The van der Waals surface area contributed by atoms with E-state index in [1.807, 2.05) is 53.4 Å². The van der Waals surface area contributed by atoms with Gasteiger partial charge in [0.15, 0.2) is 0 Å². The molecule has 2 N–H and O–H groups in total. The van der Waals surface area contributed by atoms with E-state index in [0.717, 1.165) is 24.1 Å². The summed E-state index contributed by atoms with van der Waals surface area (Å²) in [6.45, 7) is 0. The monoisotopic (exact) mass is 351 g/mol. The number of pyridine rings is 1. The molecule has 2 bridgehead atoms. The highest BCUT2D eigenvalue weighted by Crippen LogP contribution is 2.36. The summed E-state index contributed by atoms with van der Waals surface area (Å²) in [6, 6.07) is 16.1. The first-order chi connectivity index (χ1) is 12.7. The number of rotatable bonds is 4. The van der Waals surface area contributed by atoms with Crippen LogP contribution in [0.3, 0.4) is 0 Å². The Bertz CT molecular complexity index is 723. The number of amides is 2. The number of aliphatic hydroxyl groups excluding tert-OH is 1. The predicted molar refractivity (Wildman–Crippen MR) is 99.5 cm³/mol. The molecule has 0 saturated carbocycles. The molecule has 3 heterocycles. The van der Waals surface area contributed by atoms with Crippen molar-refractivity contribution >= 4 is 6.03 Å². The molecule has 3 unspecified atom stereocenters. The quantitative estimate of drug-likeness (QED) is 0.890. The average molecular weight is 351 g/mol. The van der Waals surface area contributed by atoms with Crippen molar-refractivity contribution in [3.63, 3.8) is 0 Å². The predicted octanol–water partition coefficient (Wildman–Crippen LogP) is 3.06. The third kappa shape index (κ3) is 3.58. The molecule has 0 aliphatic carbocycles. The van der Waals surface area contributed by atoms with Crippen molar-refractivity contribution in [2.45, 2.75) is 56.3 Å². The molecule has 2 aliphatic rings. The van der Waals surface area contributed by atoms with Crippen LogP contribution in [-0.4, -0.2) is 39.2 Å². The second kappa shape index (κ2) is 7.46. The Morgan fingerprint density at radius 2 is 1.81 bits per heavy atom. The highest BCUT2D eigenvalue weighted by molar-refractivity contribution is 5.76. The zero-order valence-corrected chi connectivity index (χ0v) is 14.8. The third-order valence-electron chi connectivity index (χ3n) is 5.58. The van der Waals surface area contributed by atoms with E-state index in [9.17, 15) is 9.90 Å². The Hall–Kier alpha value is -2.40. The lowest BCUT2D eigenvalue weighted by molar-refractivity contribution is 0.0534. The van der Waals surface area contributed by atoms with Gasteiger partial charge in [0.1, 0.15) is 0 Å². The van der Waals surface area contributed by atoms with Crippen LogP contribution in [0.2, 0.25) is 0 Å². The lowest BCUT2D eigenvalue weighted by Crippen LogP contribution is -2.52. The highest BCUT2D eigenvalue weighted by atomic mass is 16.3. The van der Waals surface area contributed by atoms with E-state index in [0.29, 0.717) is 19.3 Å². The molecule has 4 rings (SSSR count). The van der Waals surface area contributed by atoms with Gasteiger partial charge in [-0.3, -0.25) is 4.98 Å². The maximum atomic E-state index is 13.1. The maximum Gasteiger partial charge on any atom is 0.318 e. The maximum absolute atomic E-state index is 13.1. The third-order valence-corrected chi connectivity index (χ3v) is 5.58. The molecular weight excluding hydrogens is 326 g/mol. The van der Waals surface area contributed by atoms with Crippen LogP contribution < -0.4 is 5.32 Å². The van der Waals surface area contributed by atoms with Gasteiger partial charge in [-0.25, -0.2) is 4.79 Å². The molecule has 5 nitrogen and oxygen atoms in total. The molecule has 0 spiro atoms. The minimum atomic E-state index is -0.269. The van der Waals surface area contributed by atoms with Crippen LogP contribution in [-0.2, 0) is 6.42 Å². The van der Waals surface area contributed by atoms with Crippen molar-refractivity contribution in [3.8, 4) is 0 Å². The minimum Gasteiger partial charge on any atom is -0.393 e. The molecule has 2 saturated heterocycles. The standard InChI is InChI=1S/C21H25N3O2/c25-19-13-17-9-10-18(14-19)24(17)21(26)23-20(15-6-2-1-3-7-15)12-16-8-4-5-11-22-16/h1-8,11,17-20,25H,9-10,12-14H2,(H,23,26). The van der Waals surface area contributed by atoms with Gasteiger partial charge in [0.25, 0.3) is 0 Å². The van der Waals surface area contributed by atoms with Gasteiger partial charge < -0.3 is 15.3 Å². The number of nitrogens with zero attached hydrogens (tertiary/aromatic N) is 2. The summed E-state index contributed by atoms with van der Waals surface area (Å²) < 4.78 is 0. The van der Waals surface area contributed by atoms with Crippen molar-refractivity contribution in [1.82, 2.24) is 15.2 Å². The number of benzene rings is 1. The van der Waals surface area contributed by atoms with Crippen molar-refractivity contribution in [3.05, 3.63) is 66.0 Å². The summed E-state index contributed by atoms with van der Waals surface area (Å²) in [7, 11) is 0. The first-order valence-corrected chi connectivity index (χ1v) is 9.42. The topological polar surface area (TPSA) is 65.5 Å². The second-order valence-electron chi connectivity index (χ2n) is 7.36. The van der Waals surface area contributed by atoms with Crippen LogP contribution in [0.1, 0.15) is 43.0 Å². The fourth-order valence-electron chi connectivity index (χ4n) is 4.37. The largest absolute Gasteiger partial charge is 0.393 e. The van der Waals surface area contributed by atoms with E-state index >= 15 is 0 Å². The fraction of sp³-hybridized carbons (Fsp3) is 0.429. The number of carbonyl (C=O) groups excluding carboxylic acids is 1. The van der Waals surface area contributed by atoms with Gasteiger partial charge in [0.2, 0.25) is 0 Å². The first-order valence-electron chi connectivity index (χ1n) is 9.42. The number of piperidine rings is 1. The molecular formula is C21H25N3O2. The molecule has 0 radical (unpaired) electrons. The summed E-state index contributed by atoms with van der Waals surface area (Å²) in [4.78, 5) is 19.4. The Balaban J connectivity index is 1.52. The summed E-state index contributed by atoms with van der Waals surface area (Å²) in [6.07, 6.45) is 5.54. The van der Waals surface area contributed by atoms with Gasteiger partial charge >= 0.3 is 6.03 Å². The van der Waals surface area contributed by atoms with Crippen molar-refractivity contribution in [1.29, 1.82) is 0 Å². The molecule has 1 aromatic heterocycles. The Labute approximate surface area is 154 Å². The zero-order valence-electron chi connectivity index (χ0n) is 14.8. The second-order valence-corrected chi connectivity index (χ2v) is 7.36. The molecule has 2 fully saturated rings. The number of nitrogens with one attached hydrogen (secondary N) is 1. The zero-order chi connectivity index (χ0) is 17.9. The van der Waals surface area contributed by atoms with E-state index < -0.39 is 0 Å². The van der Waals surface area contributed by atoms with Crippen LogP contribution in [0.4, 0.5) is 4.79 Å². The normalized spacial score (nSPS) is 25.7. The SMILES string of the molecule is O=C(NC(Cc1ccccn1)c1ccccc1)N1C2CCC1CC(O)C2. The Morgan fingerprint density at radius 1 is 1.12 bits per heavy atom. The minimum absolute atomic E-state index is 0.0193. The van der Waals surface area contributed by atoms with Crippen LogP contribution in [0.25, 0.3) is 0 Å². The number of hydrogen-bond donors (Lipinski definition) is 2. The average Bonchev–Trinajstić information content (AvgIpc) is 2.94. The van der Waals surface area contributed by atoms with Gasteiger partial charge in [-0.05, 0) is 43.4 Å². The number of hydrogen-bond acceptors (Lipinski definition) is 3. The van der Waals surface area contributed by atoms with E-state index in [1.54, 1.807) is 6.20 Å². The first kappa shape index (κ1) is 17.0. The summed E-state index contributed by atoms with van der Waals surface area (Å²) in [5.41, 5.74) is 2.04. The van der Waals surface area contributed by atoms with E-state index in [-0.39, 0.29) is 30.3 Å². The fourth-order valence-corrected chi connectivity index (χ4v) is 4.37. The summed E-state index contributed by atoms with van der Waals surface area (Å²) in [5.74, 6) is 0. The molecule has 2 amide bonds. The number of aliphatic hydroxyl groups is 1. The van der Waals surface area contributed by atoms with Crippen LogP contribution in [0.5, 0.6) is 0 Å². The molecule has 5 heteroatoms. The molecule has 136 valence electrons. The number of urea groups is 1. The van der Waals surface area contributed by atoms with Gasteiger partial charge in [0.05, 0.1) is 12.1 Å².